The van der Waals surface area contributed by atoms with Crippen LogP contribution in [0.1, 0.15) is 49.9 Å². The Morgan fingerprint density at radius 2 is 1.80 bits per heavy atom. The van der Waals surface area contributed by atoms with Gasteiger partial charge in [-0.3, -0.25) is 0 Å². The van der Waals surface area contributed by atoms with Crippen molar-refractivity contribution in [2.24, 2.45) is 0 Å². The second-order valence-electron chi connectivity index (χ2n) is 7.83. The molecule has 0 aliphatic heterocycles. The van der Waals surface area contributed by atoms with Gasteiger partial charge in [-0.05, 0) is 65.2 Å². The van der Waals surface area contributed by atoms with Gasteiger partial charge in [-0.15, -0.1) is 0 Å². The van der Waals surface area contributed by atoms with Crippen LogP contribution in [0.5, 0.6) is 0 Å². The fourth-order valence-corrected chi connectivity index (χ4v) is 2.82. The lowest BCUT2D eigenvalue weighted by atomic mass is 10.00. The number of carbonyl (C=O) groups excluding carboxylic acids is 1. The second kappa shape index (κ2) is 9.20. The molecular formula is C20H34N2O3. The molecule has 0 aliphatic rings. The van der Waals surface area contributed by atoms with Gasteiger partial charge in [0.05, 0.1) is 6.10 Å². The highest BCUT2D eigenvalue weighted by molar-refractivity contribution is 5.68. The van der Waals surface area contributed by atoms with E-state index in [1.54, 1.807) is 11.8 Å². The third-order valence-corrected chi connectivity index (χ3v) is 3.84. The lowest BCUT2D eigenvalue weighted by Crippen LogP contribution is -2.43. The van der Waals surface area contributed by atoms with E-state index in [-0.39, 0.29) is 6.54 Å². The number of benzene rings is 1. The van der Waals surface area contributed by atoms with Gasteiger partial charge in [0.15, 0.2) is 0 Å². The third kappa shape index (κ3) is 7.88. The molecule has 142 valence electrons. The first-order chi connectivity index (χ1) is 11.5. The molecule has 5 nitrogen and oxygen atoms in total. The van der Waals surface area contributed by atoms with Gasteiger partial charge in [-0.25, -0.2) is 4.79 Å². The van der Waals surface area contributed by atoms with Crippen molar-refractivity contribution in [3.8, 4) is 0 Å². The van der Waals surface area contributed by atoms with E-state index in [4.69, 9.17) is 4.74 Å². The number of nitrogens with zero attached hydrogens (tertiary/aromatic N) is 1. The van der Waals surface area contributed by atoms with E-state index in [0.717, 1.165) is 6.54 Å². The maximum Gasteiger partial charge on any atom is 0.410 e. The highest BCUT2D eigenvalue weighted by Crippen LogP contribution is 2.16. The molecule has 1 atom stereocenters. The van der Waals surface area contributed by atoms with Crippen molar-refractivity contribution in [3.63, 3.8) is 0 Å². The minimum Gasteiger partial charge on any atom is -0.444 e. The minimum absolute atomic E-state index is 0.263. The van der Waals surface area contributed by atoms with E-state index in [0.29, 0.717) is 13.1 Å². The normalized spacial score (nSPS) is 12.8. The van der Waals surface area contributed by atoms with E-state index < -0.39 is 17.8 Å². The predicted molar refractivity (Wildman–Crippen MR) is 102 cm³/mol. The van der Waals surface area contributed by atoms with Crippen molar-refractivity contribution in [1.82, 2.24) is 10.2 Å². The first kappa shape index (κ1) is 21.5. The van der Waals surface area contributed by atoms with Crippen molar-refractivity contribution in [2.45, 2.75) is 66.7 Å². The molecule has 0 radical (unpaired) electrons. The van der Waals surface area contributed by atoms with Crippen LogP contribution in [0.15, 0.2) is 12.1 Å². The molecule has 0 bridgehead atoms. The van der Waals surface area contributed by atoms with Gasteiger partial charge in [-0.1, -0.05) is 17.7 Å². The van der Waals surface area contributed by atoms with Crippen LogP contribution in [0.2, 0.25) is 0 Å². The van der Waals surface area contributed by atoms with E-state index in [1.807, 2.05) is 20.8 Å². The third-order valence-electron chi connectivity index (χ3n) is 3.84. The van der Waals surface area contributed by atoms with Crippen LogP contribution in [0.4, 0.5) is 4.79 Å². The average molecular weight is 351 g/mol. The summed E-state index contributed by atoms with van der Waals surface area (Å²) >= 11 is 0. The van der Waals surface area contributed by atoms with Crippen molar-refractivity contribution in [2.75, 3.05) is 19.6 Å². The summed E-state index contributed by atoms with van der Waals surface area (Å²) in [6.07, 6.45) is -0.980. The molecule has 0 spiro atoms. The molecule has 0 aromatic heterocycles. The van der Waals surface area contributed by atoms with Gasteiger partial charge in [0.25, 0.3) is 0 Å². The average Bonchev–Trinajstić information content (AvgIpc) is 2.41. The van der Waals surface area contributed by atoms with Crippen molar-refractivity contribution in [1.29, 1.82) is 0 Å². The Morgan fingerprint density at radius 1 is 1.24 bits per heavy atom. The van der Waals surface area contributed by atoms with Gasteiger partial charge in [0.2, 0.25) is 0 Å². The number of hydrogen-bond donors (Lipinski definition) is 2. The summed E-state index contributed by atoms with van der Waals surface area (Å²) < 4.78 is 5.42. The van der Waals surface area contributed by atoms with Gasteiger partial charge >= 0.3 is 6.09 Å². The van der Waals surface area contributed by atoms with Crippen molar-refractivity contribution >= 4 is 6.09 Å². The molecule has 2 N–H and O–H groups in total. The number of carbonyl (C=O) groups is 1. The molecule has 1 aromatic carbocycles. The Labute approximate surface area is 152 Å². The Balaban J connectivity index is 2.59. The molecule has 1 unspecified atom stereocenters. The summed E-state index contributed by atoms with van der Waals surface area (Å²) in [5.74, 6) is 0. The Bertz CT molecular complexity index is 554. The molecule has 0 saturated carbocycles. The number of amides is 1. The summed E-state index contributed by atoms with van der Waals surface area (Å²) in [6.45, 7) is 15.7. The first-order valence-electron chi connectivity index (χ1n) is 8.93. The minimum atomic E-state index is -0.589. The van der Waals surface area contributed by atoms with E-state index in [1.165, 1.54) is 22.3 Å². The van der Waals surface area contributed by atoms with E-state index >= 15 is 0 Å². The molecule has 25 heavy (non-hydrogen) atoms. The fraction of sp³-hybridized carbons (Fsp3) is 0.650. The number of nitrogens with one attached hydrogen (secondary N) is 1. The number of rotatable bonds is 7. The Morgan fingerprint density at radius 3 is 2.28 bits per heavy atom. The molecule has 1 aromatic rings. The van der Waals surface area contributed by atoms with Crippen LogP contribution >= 0.6 is 0 Å². The van der Waals surface area contributed by atoms with Crippen LogP contribution in [0.25, 0.3) is 0 Å². The molecule has 0 fully saturated rings. The Kier molecular flexibility index (Phi) is 7.90. The Hall–Kier alpha value is -1.59. The smallest absolute Gasteiger partial charge is 0.410 e. The van der Waals surface area contributed by atoms with Gasteiger partial charge < -0.3 is 20.1 Å². The maximum absolute atomic E-state index is 12.3. The predicted octanol–water partition coefficient (Wildman–Crippen LogP) is 3.32. The standard InChI is InChI=1S/C20H34N2O3/c1-14-10-15(2)18(16(3)11-14)12-21-8-9-22(13-17(4)23)19(24)25-20(5,6)7/h10-11,17,21,23H,8-9,12-13H2,1-7H3. The van der Waals surface area contributed by atoms with Gasteiger partial charge in [-0.2, -0.15) is 0 Å². The van der Waals surface area contributed by atoms with Crippen LogP contribution < -0.4 is 5.32 Å². The molecule has 5 heteroatoms. The zero-order valence-electron chi connectivity index (χ0n) is 16.8. The summed E-state index contributed by atoms with van der Waals surface area (Å²) in [7, 11) is 0. The van der Waals surface area contributed by atoms with Gasteiger partial charge in [0.1, 0.15) is 5.60 Å². The second-order valence-corrected chi connectivity index (χ2v) is 7.83. The largest absolute Gasteiger partial charge is 0.444 e. The van der Waals surface area contributed by atoms with Crippen LogP contribution in [0, 0.1) is 20.8 Å². The molecule has 0 aliphatic carbocycles. The molecule has 0 heterocycles. The highest BCUT2D eigenvalue weighted by atomic mass is 16.6. The lowest BCUT2D eigenvalue weighted by molar-refractivity contribution is 0.0164. The SMILES string of the molecule is Cc1cc(C)c(CNCCN(CC(C)O)C(=O)OC(C)(C)C)c(C)c1. The summed E-state index contributed by atoms with van der Waals surface area (Å²) in [5, 5.41) is 13.0. The van der Waals surface area contributed by atoms with Crippen molar-refractivity contribution < 1.29 is 14.6 Å². The molecule has 0 saturated heterocycles. The number of aliphatic hydroxyl groups is 1. The zero-order chi connectivity index (χ0) is 19.2. The number of aryl methyl sites for hydroxylation is 3. The monoisotopic (exact) mass is 350 g/mol. The maximum atomic E-state index is 12.3. The fourth-order valence-electron chi connectivity index (χ4n) is 2.82. The lowest BCUT2D eigenvalue weighted by Gasteiger charge is -2.28. The topological polar surface area (TPSA) is 61.8 Å². The van der Waals surface area contributed by atoms with Crippen LogP contribution in [-0.4, -0.2) is 47.4 Å². The van der Waals surface area contributed by atoms with Crippen LogP contribution in [-0.2, 0) is 11.3 Å². The summed E-state index contributed by atoms with van der Waals surface area (Å²) in [4.78, 5) is 13.8. The van der Waals surface area contributed by atoms with Gasteiger partial charge in [0, 0.05) is 26.2 Å². The summed E-state index contributed by atoms with van der Waals surface area (Å²) in [6, 6.07) is 4.37. The first-order valence-corrected chi connectivity index (χ1v) is 8.93. The van der Waals surface area contributed by atoms with E-state index in [2.05, 4.69) is 38.2 Å². The molecular weight excluding hydrogens is 316 g/mol. The van der Waals surface area contributed by atoms with Crippen molar-refractivity contribution in [3.05, 3.63) is 34.4 Å². The van der Waals surface area contributed by atoms with E-state index in [9.17, 15) is 9.90 Å². The number of hydrogen-bond acceptors (Lipinski definition) is 4. The molecule has 1 amide bonds. The van der Waals surface area contributed by atoms with Crippen LogP contribution in [0.3, 0.4) is 0 Å². The quantitative estimate of drug-likeness (QED) is 0.741. The summed E-state index contributed by atoms with van der Waals surface area (Å²) in [5.41, 5.74) is 4.57. The number of ether oxygens (including phenoxy) is 1. The zero-order valence-corrected chi connectivity index (χ0v) is 16.8. The number of aliphatic hydroxyl groups excluding tert-OH is 1. The highest BCUT2D eigenvalue weighted by Gasteiger charge is 2.22. The molecule has 1 rings (SSSR count).